The maximum Gasteiger partial charge on any atom is 0.331 e. The van der Waals surface area contributed by atoms with Crippen LogP contribution in [0, 0.1) is 5.82 Å². The highest BCUT2D eigenvalue weighted by Crippen LogP contribution is 2.18. The standard InChI is InChI=1S/C15H14BrFN2O4/c16-10-2-5-12(17)9(7-10)1-6-14(21)23-8-13(20)19-15(22)18-11-3-4-11/h1-2,5-7,11H,3-4,8H2,(H2,18,19,20,22)/b6-1+. The predicted octanol–water partition coefficient (Wildman–Crippen LogP) is 2.13. The molecule has 0 radical (unpaired) electrons. The third kappa shape index (κ3) is 6.19. The zero-order valence-electron chi connectivity index (χ0n) is 12.0. The van der Waals surface area contributed by atoms with Gasteiger partial charge >= 0.3 is 12.0 Å². The Morgan fingerprint density at radius 2 is 2.09 bits per heavy atom. The molecule has 8 heteroatoms. The lowest BCUT2D eigenvalue weighted by Crippen LogP contribution is -2.42. The molecule has 0 saturated heterocycles. The van der Waals surface area contributed by atoms with E-state index >= 15 is 0 Å². The van der Waals surface area contributed by atoms with Crippen molar-refractivity contribution in [1.82, 2.24) is 10.6 Å². The number of halogens is 2. The first-order valence-electron chi connectivity index (χ1n) is 6.84. The molecule has 0 spiro atoms. The number of imide groups is 1. The van der Waals surface area contributed by atoms with E-state index in [0.717, 1.165) is 18.9 Å². The van der Waals surface area contributed by atoms with E-state index < -0.39 is 30.3 Å². The highest BCUT2D eigenvalue weighted by molar-refractivity contribution is 9.10. The second-order valence-electron chi connectivity index (χ2n) is 4.90. The second kappa shape index (κ2) is 7.87. The van der Waals surface area contributed by atoms with Crippen LogP contribution in [0.1, 0.15) is 18.4 Å². The number of urea groups is 1. The van der Waals surface area contributed by atoms with Crippen LogP contribution >= 0.6 is 15.9 Å². The van der Waals surface area contributed by atoms with Gasteiger partial charge in [-0.15, -0.1) is 0 Å². The van der Waals surface area contributed by atoms with Crippen molar-refractivity contribution in [3.63, 3.8) is 0 Å². The van der Waals surface area contributed by atoms with Crippen molar-refractivity contribution < 1.29 is 23.5 Å². The predicted molar refractivity (Wildman–Crippen MR) is 83.8 cm³/mol. The van der Waals surface area contributed by atoms with Crippen molar-refractivity contribution in [3.05, 3.63) is 40.1 Å². The normalized spacial score (nSPS) is 13.7. The van der Waals surface area contributed by atoms with Crippen LogP contribution in [0.15, 0.2) is 28.7 Å². The summed E-state index contributed by atoms with van der Waals surface area (Å²) in [5.74, 6) is -2.05. The summed E-state index contributed by atoms with van der Waals surface area (Å²) < 4.78 is 18.8. The van der Waals surface area contributed by atoms with Crippen LogP contribution in [0.4, 0.5) is 9.18 Å². The van der Waals surface area contributed by atoms with E-state index in [1.165, 1.54) is 24.3 Å². The average Bonchev–Trinajstić information content (AvgIpc) is 3.29. The summed E-state index contributed by atoms with van der Waals surface area (Å²) in [6.07, 6.45) is 4.03. The van der Waals surface area contributed by atoms with Crippen LogP contribution < -0.4 is 10.6 Å². The van der Waals surface area contributed by atoms with Crippen LogP contribution in [-0.2, 0) is 14.3 Å². The average molecular weight is 385 g/mol. The molecule has 0 atom stereocenters. The molecule has 23 heavy (non-hydrogen) atoms. The second-order valence-corrected chi connectivity index (χ2v) is 5.82. The summed E-state index contributed by atoms with van der Waals surface area (Å²) in [6.45, 7) is -0.595. The molecule has 1 aromatic rings. The third-order valence-electron chi connectivity index (χ3n) is 2.87. The maximum absolute atomic E-state index is 13.5. The molecular weight excluding hydrogens is 371 g/mol. The minimum Gasteiger partial charge on any atom is -0.452 e. The minimum atomic E-state index is -0.817. The minimum absolute atomic E-state index is 0.119. The number of esters is 1. The number of benzene rings is 1. The van der Waals surface area contributed by atoms with Gasteiger partial charge in [0, 0.05) is 22.2 Å². The Bertz CT molecular complexity index is 659. The molecule has 0 bridgehead atoms. The molecular formula is C15H14BrFN2O4. The first-order valence-corrected chi connectivity index (χ1v) is 7.63. The van der Waals surface area contributed by atoms with E-state index in [1.807, 2.05) is 5.32 Å². The first kappa shape index (κ1) is 17.1. The fourth-order valence-electron chi connectivity index (χ4n) is 1.60. The summed E-state index contributed by atoms with van der Waals surface area (Å²) in [4.78, 5) is 34.1. The zero-order valence-corrected chi connectivity index (χ0v) is 13.6. The molecule has 0 aliphatic heterocycles. The van der Waals surface area contributed by atoms with Crippen molar-refractivity contribution in [2.75, 3.05) is 6.61 Å². The van der Waals surface area contributed by atoms with Crippen LogP contribution in [0.25, 0.3) is 6.08 Å². The monoisotopic (exact) mass is 384 g/mol. The van der Waals surface area contributed by atoms with Gasteiger partial charge in [0.15, 0.2) is 6.61 Å². The summed E-state index contributed by atoms with van der Waals surface area (Å²) in [7, 11) is 0. The van der Waals surface area contributed by atoms with Crippen molar-refractivity contribution in [1.29, 1.82) is 0 Å². The SMILES string of the molecule is O=C(COC(=O)/C=C/c1cc(Br)ccc1F)NC(=O)NC1CC1. The molecule has 122 valence electrons. The van der Waals surface area contributed by atoms with Crippen LogP contribution in [-0.4, -0.2) is 30.6 Å². The van der Waals surface area contributed by atoms with E-state index in [9.17, 15) is 18.8 Å². The van der Waals surface area contributed by atoms with Crippen LogP contribution in [0.2, 0.25) is 0 Å². The molecule has 1 saturated carbocycles. The molecule has 1 fully saturated rings. The van der Waals surface area contributed by atoms with E-state index in [-0.39, 0.29) is 11.6 Å². The van der Waals surface area contributed by atoms with Crippen LogP contribution in [0.3, 0.4) is 0 Å². The molecule has 6 nitrogen and oxygen atoms in total. The smallest absolute Gasteiger partial charge is 0.331 e. The number of nitrogens with one attached hydrogen (secondary N) is 2. The molecule has 3 amide bonds. The third-order valence-corrected chi connectivity index (χ3v) is 3.36. The number of ether oxygens (including phenoxy) is 1. The summed E-state index contributed by atoms with van der Waals surface area (Å²) in [6, 6.07) is 3.78. The molecule has 2 rings (SSSR count). The lowest BCUT2D eigenvalue weighted by atomic mass is 10.2. The Hall–Kier alpha value is -2.22. The van der Waals surface area contributed by atoms with Gasteiger partial charge in [-0.25, -0.2) is 14.0 Å². The lowest BCUT2D eigenvalue weighted by molar-refractivity contribution is -0.143. The van der Waals surface area contributed by atoms with E-state index in [0.29, 0.717) is 4.47 Å². The highest BCUT2D eigenvalue weighted by Gasteiger charge is 2.23. The number of rotatable bonds is 5. The van der Waals surface area contributed by atoms with Gasteiger partial charge in [-0.1, -0.05) is 15.9 Å². The number of carbonyl (C=O) groups is 3. The Morgan fingerprint density at radius 3 is 2.78 bits per heavy atom. The van der Waals surface area contributed by atoms with Gasteiger partial charge < -0.3 is 10.1 Å². The summed E-state index contributed by atoms with van der Waals surface area (Å²) in [5.41, 5.74) is 0.199. The van der Waals surface area contributed by atoms with Crippen molar-refractivity contribution >= 4 is 39.9 Å². The van der Waals surface area contributed by atoms with Crippen molar-refractivity contribution in [2.45, 2.75) is 18.9 Å². The molecule has 0 heterocycles. The lowest BCUT2D eigenvalue weighted by Gasteiger charge is -2.05. The number of amides is 3. The largest absolute Gasteiger partial charge is 0.452 e. The molecule has 0 unspecified atom stereocenters. The number of hydrogen-bond donors (Lipinski definition) is 2. The zero-order chi connectivity index (χ0) is 16.8. The fraction of sp³-hybridized carbons (Fsp3) is 0.267. The van der Waals surface area contributed by atoms with E-state index in [4.69, 9.17) is 0 Å². The first-order chi connectivity index (χ1) is 10.9. The number of hydrogen-bond acceptors (Lipinski definition) is 4. The van der Waals surface area contributed by atoms with Gasteiger partial charge in [-0.3, -0.25) is 10.1 Å². The Balaban J connectivity index is 1.75. The molecule has 1 aliphatic carbocycles. The Labute approximate surface area is 140 Å². The summed E-state index contributed by atoms with van der Waals surface area (Å²) in [5, 5.41) is 4.60. The fourth-order valence-corrected chi connectivity index (χ4v) is 1.98. The Morgan fingerprint density at radius 1 is 1.35 bits per heavy atom. The van der Waals surface area contributed by atoms with E-state index in [2.05, 4.69) is 26.0 Å². The Kier molecular flexibility index (Phi) is 5.86. The number of carbonyl (C=O) groups excluding carboxylic acids is 3. The van der Waals surface area contributed by atoms with Gasteiger partial charge in [0.1, 0.15) is 5.82 Å². The maximum atomic E-state index is 13.5. The molecule has 2 N–H and O–H groups in total. The molecule has 0 aromatic heterocycles. The summed E-state index contributed by atoms with van der Waals surface area (Å²) >= 11 is 3.19. The topological polar surface area (TPSA) is 84.5 Å². The van der Waals surface area contributed by atoms with Gasteiger partial charge in [0.05, 0.1) is 0 Å². The van der Waals surface area contributed by atoms with E-state index in [1.54, 1.807) is 0 Å². The van der Waals surface area contributed by atoms with Crippen LogP contribution in [0.5, 0.6) is 0 Å². The van der Waals surface area contributed by atoms with Crippen molar-refractivity contribution in [2.24, 2.45) is 0 Å². The molecule has 1 aliphatic rings. The molecule has 1 aromatic carbocycles. The van der Waals surface area contributed by atoms with Gasteiger partial charge in [0.2, 0.25) is 0 Å². The quantitative estimate of drug-likeness (QED) is 0.601. The van der Waals surface area contributed by atoms with Gasteiger partial charge in [-0.2, -0.15) is 0 Å². The van der Waals surface area contributed by atoms with Gasteiger partial charge in [0.25, 0.3) is 5.91 Å². The van der Waals surface area contributed by atoms with Gasteiger partial charge in [-0.05, 0) is 37.1 Å². The van der Waals surface area contributed by atoms with Crippen molar-refractivity contribution in [3.8, 4) is 0 Å². The highest BCUT2D eigenvalue weighted by atomic mass is 79.9.